The first-order chi connectivity index (χ1) is 8.28. The number of nitrogens with two attached hydrogens (primary N) is 2. The summed E-state index contributed by atoms with van der Waals surface area (Å²) >= 11 is 0. The van der Waals surface area contributed by atoms with E-state index < -0.39 is 23.8 Å². The largest absolute Gasteiger partial charge is 0.574 e. The molecule has 0 aliphatic rings. The molecule has 4 N–H and O–H groups in total. The molecule has 0 aromatic carbocycles. The molecule has 1 rings (SSSR count). The first kappa shape index (κ1) is 14.0. The Kier molecular flexibility index (Phi) is 3.96. The Morgan fingerprint density at radius 1 is 1.50 bits per heavy atom. The molecule has 0 bridgehead atoms. The average Bonchev–Trinajstić information content (AvgIpc) is 2.28. The molecule has 0 radical (unpaired) electrons. The minimum Gasteiger partial charge on any atom is -0.465 e. The van der Waals surface area contributed by atoms with Crippen LogP contribution in [0.15, 0.2) is 6.07 Å². The summed E-state index contributed by atoms with van der Waals surface area (Å²) in [6.07, 6.45) is -4.99. The first-order valence-corrected chi connectivity index (χ1v) is 4.62. The minimum absolute atomic E-state index is 0.0121. The number of pyridine rings is 1. The summed E-state index contributed by atoms with van der Waals surface area (Å²) in [5.74, 6) is -1.99. The van der Waals surface area contributed by atoms with Crippen LogP contribution in [0.4, 0.5) is 18.9 Å². The first-order valence-electron chi connectivity index (χ1n) is 4.62. The van der Waals surface area contributed by atoms with Gasteiger partial charge in [-0.25, -0.2) is 9.78 Å². The zero-order valence-electron chi connectivity index (χ0n) is 9.25. The molecule has 6 nitrogen and oxygen atoms in total. The summed E-state index contributed by atoms with van der Waals surface area (Å²) in [5.41, 5.74) is 10.2. The highest BCUT2D eigenvalue weighted by molar-refractivity contribution is 5.92. The van der Waals surface area contributed by atoms with Crippen LogP contribution in [0.1, 0.15) is 16.1 Å². The fourth-order valence-corrected chi connectivity index (χ4v) is 1.16. The van der Waals surface area contributed by atoms with Crippen molar-refractivity contribution in [2.45, 2.75) is 12.9 Å². The van der Waals surface area contributed by atoms with Crippen LogP contribution >= 0.6 is 0 Å². The number of anilines is 1. The van der Waals surface area contributed by atoms with Crippen molar-refractivity contribution in [1.82, 2.24) is 4.98 Å². The molecule has 0 saturated carbocycles. The molecule has 0 unspecified atom stereocenters. The van der Waals surface area contributed by atoms with Crippen molar-refractivity contribution in [3.63, 3.8) is 0 Å². The van der Waals surface area contributed by atoms with Gasteiger partial charge < -0.3 is 20.9 Å². The van der Waals surface area contributed by atoms with Crippen LogP contribution in [-0.2, 0) is 11.3 Å². The van der Waals surface area contributed by atoms with Crippen molar-refractivity contribution in [1.29, 1.82) is 0 Å². The number of hydrogen-bond acceptors (Lipinski definition) is 6. The van der Waals surface area contributed by atoms with Gasteiger partial charge in [0.25, 0.3) is 0 Å². The van der Waals surface area contributed by atoms with E-state index in [1.54, 1.807) is 0 Å². The molecular weight excluding hydrogens is 255 g/mol. The Balaban J connectivity index is 3.30. The van der Waals surface area contributed by atoms with Gasteiger partial charge >= 0.3 is 12.3 Å². The molecule has 0 fully saturated rings. The van der Waals surface area contributed by atoms with Gasteiger partial charge in [0.15, 0.2) is 0 Å². The summed E-state index contributed by atoms with van der Waals surface area (Å²) in [4.78, 5) is 14.7. The summed E-state index contributed by atoms with van der Waals surface area (Å²) in [7, 11) is 1.01. The highest BCUT2D eigenvalue weighted by Crippen LogP contribution is 2.27. The van der Waals surface area contributed by atoms with Crippen molar-refractivity contribution in [2.24, 2.45) is 5.73 Å². The quantitative estimate of drug-likeness (QED) is 0.784. The average molecular weight is 265 g/mol. The molecule has 0 atom stereocenters. The molecule has 0 spiro atoms. The van der Waals surface area contributed by atoms with E-state index in [0.717, 1.165) is 13.2 Å². The van der Waals surface area contributed by atoms with Crippen LogP contribution in [-0.4, -0.2) is 24.4 Å². The van der Waals surface area contributed by atoms with Crippen molar-refractivity contribution < 1.29 is 27.4 Å². The lowest BCUT2D eigenvalue weighted by Gasteiger charge is -2.13. The maximum atomic E-state index is 12.1. The lowest BCUT2D eigenvalue weighted by molar-refractivity contribution is -0.276. The summed E-state index contributed by atoms with van der Waals surface area (Å²) < 4.78 is 44.4. The fourth-order valence-electron chi connectivity index (χ4n) is 1.16. The second-order valence-electron chi connectivity index (χ2n) is 3.12. The number of esters is 1. The van der Waals surface area contributed by atoms with Gasteiger partial charge in [0.05, 0.1) is 18.5 Å². The molecule has 1 aromatic heterocycles. The molecule has 0 aliphatic heterocycles. The molecule has 0 amide bonds. The van der Waals surface area contributed by atoms with Crippen molar-refractivity contribution in [3.8, 4) is 5.88 Å². The topological polar surface area (TPSA) is 100 Å². The SMILES string of the molecule is COC(=O)c1cc(N)c(CN)nc1OC(F)(F)F. The van der Waals surface area contributed by atoms with E-state index >= 15 is 0 Å². The van der Waals surface area contributed by atoms with Crippen molar-refractivity contribution in [3.05, 3.63) is 17.3 Å². The van der Waals surface area contributed by atoms with Crippen molar-refractivity contribution in [2.75, 3.05) is 12.8 Å². The number of halogens is 3. The van der Waals surface area contributed by atoms with E-state index in [-0.39, 0.29) is 17.9 Å². The van der Waals surface area contributed by atoms with E-state index in [2.05, 4.69) is 14.5 Å². The Labute approximate surface area is 99.7 Å². The molecule has 1 aromatic rings. The number of nitrogen functional groups attached to an aromatic ring is 1. The van der Waals surface area contributed by atoms with Crippen LogP contribution in [0.5, 0.6) is 5.88 Å². The monoisotopic (exact) mass is 265 g/mol. The van der Waals surface area contributed by atoms with Gasteiger partial charge in [-0.1, -0.05) is 0 Å². The van der Waals surface area contributed by atoms with Crippen LogP contribution in [0.25, 0.3) is 0 Å². The third-order valence-corrected chi connectivity index (χ3v) is 1.91. The number of carbonyl (C=O) groups excluding carboxylic acids is 1. The summed E-state index contributed by atoms with van der Waals surface area (Å²) in [5, 5.41) is 0. The van der Waals surface area contributed by atoms with Crippen LogP contribution in [0.2, 0.25) is 0 Å². The lowest BCUT2D eigenvalue weighted by Crippen LogP contribution is -2.21. The summed E-state index contributed by atoms with van der Waals surface area (Å²) in [6, 6.07) is 0.974. The molecular formula is C9H10F3N3O3. The second kappa shape index (κ2) is 5.08. The van der Waals surface area contributed by atoms with Gasteiger partial charge in [-0.05, 0) is 6.07 Å². The maximum Gasteiger partial charge on any atom is 0.574 e. The standard InChI is InChI=1S/C9H10F3N3O3/c1-17-8(16)4-2-5(14)6(3-13)15-7(4)18-9(10,11)12/h2H,3,13-14H2,1H3. The Bertz CT molecular complexity index is 462. The summed E-state index contributed by atoms with van der Waals surface area (Å²) in [6.45, 7) is -0.193. The van der Waals surface area contributed by atoms with Crippen LogP contribution in [0, 0.1) is 0 Å². The Morgan fingerprint density at radius 2 is 2.11 bits per heavy atom. The number of alkyl halides is 3. The van der Waals surface area contributed by atoms with Gasteiger partial charge in [0.2, 0.25) is 5.88 Å². The lowest BCUT2D eigenvalue weighted by atomic mass is 10.2. The number of hydrogen-bond donors (Lipinski definition) is 2. The van der Waals surface area contributed by atoms with E-state index in [0.29, 0.717) is 0 Å². The van der Waals surface area contributed by atoms with Gasteiger partial charge in [-0.15, -0.1) is 13.2 Å². The molecule has 100 valence electrons. The van der Waals surface area contributed by atoms with Crippen LogP contribution in [0.3, 0.4) is 0 Å². The molecule has 1 heterocycles. The predicted octanol–water partition coefficient (Wildman–Crippen LogP) is 0.808. The van der Waals surface area contributed by atoms with Gasteiger partial charge in [-0.3, -0.25) is 0 Å². The highest BCUT2D eigenvalue weighted by atomic mass is 19.4. The third kappa shape index (κ3) is 3.23. The zero-order chi connectivity index (χ0) is 13.9. The zero-order valence-corrected chi connectivity index (χ0v) is 9.25. The number of rotatable bonds is 3. The minimum atomic E-state index is -4.99. The fraction of sp³-hybridized carbons (Fsp3) is 0.333. The van der Waals surface area contributed by atoms with E-state index in [9.17, 15) is 18.0 Å². The molecule has 0 aliphatic carbocycles. The normalized spacial score (nSPS) is 11.2. The number of nitrogens with zero attached hydrogens (tertiary/aromatic N) is 1. The van der Waals surface area contributed by atoms with E-state index in [4.69, 9.17) is 11.5 Å². The second-order valence-corrected chi connectivity index (χ2v) is 3.12. The van der Waals surface area contributed by atoms with E-state index in [1.165, 1.54) is 0 Å². The predicted molar refractivity (Wildman–Crippen MR) is 54.6 cm³/mol. The Morgan fingerprint density at radius 3 is 2.56 bits per heavy atom. The smallest absolute Gasteiger partial charge is 0.465 e. The molecule has 9 heteroatoms. The number of aromatic nitrogens is 1. The van der Waals surface area contributed by atoms with Gasteiger partial charge in [0, 0.05) is 6.54 Å². The molecule has 18 heavy (non-hydrogen) atoms. The van der Waals surface area contributed by atoms with E-state index in [1.807, 2.05) is 0 Å². The Hall–Kier alpha value is -2.03. The van der Waals surface area contributed by atoms with Gasteiger partial charge in [-0.2, -0.15) is 0 Å². The van der Waals surface area contributed by atoms with Gasteiger partial charge in [0.1, 0.15) is 5.56 Å². The van der Waals surface area contributed by atoms with Crippen molar-refractivity contribution >= 4 is 11.7 Å². The number of carbonyl (C=O) groups is 1. The third-order valence-electron chi connectivity index (χ3n) is 1.91. The molecule has 0 saturated heterocycles. The number of methoxy groups -OCH3 is 1. The maximum absolute atomic E-state index is 12.1. The van der Waals surface area contributed by atoms with Crippen LogP contribution < -0.4 is 16.2 Å². The highest BCUT2D eigenvalue weighted by Gasteiger charge is 2.34. The number of ether oxygens (including phenoxy) is 2.